The van der Waals surface area contributed by atoms with Crippen molar-refractivity contribution in [2.45, 2.75) is 58.0 Å². The van der Waals surface area contributed by atoms with Gasteiger partial charge < -0.3 is 4.89 Å². The van der Waals surface area contributed by atoms with Crippen LogP contribution in [0.5, 0.6) is 0 Å². The molecule has 0 heterocycles. The Kier molecular flexibility index (Phi) is 6.88. The Morgan fingerprint density at radius 2 is 2.17 bits per heavy atom. The van der Waals surface area contributed by atoms with E-state index in [1.165, 1.54) is 6.42 Å². The molecule has 0 aromatic rings. The smallest absolute Gasteiger partial charge is 0.302 e. The highest BCUT2D eigenvalue weighted by Gasteiger charge is 2.28. The minimum absolute atomic E-state index is 0.0609. The van der Waals surface area contributed by atoms with E-state index < -0.39 is 7.82 Å². The molecule has 1 N–H and O–H groups in total. The monoisotopic (exact) mass is 275 g/mol. The lowest BCUT2D eigenvalue weighted by Crippen LogP contribution is -2.11. The fourth-order valence-electron chi connectivity index (χ4n) is 2.28. The third-order valence-electron chi connectivity index (χ3n) is 3.36. The van der Waals surface area contributed by atoms with Gasteiger partial charge in [-0.15, -0.1) is 0 Å². The molecule has 0 aliphatic heterocycles. The summed E-state index contributed by atoms with van der Waals surface area (Å²) in [5.41, 5.74) is 0. The van der Waals surface area contributed by atoms with Crippen molar-refractivity contribution in [3.05, 3.63) is 0 Å². The van der Waals surface area contributed by atoms with Crippen LogP contribution < -0.4 is 0 Å². The predicted octanol–water partition coefficient (Wildman–Crippen LogP) is 3.39. The van der Waals surface area contributed by atoms with Gasteiger partial charge in [0, 0.05) is 0 Å². The number of phosphoric acid groups is 1. The van der Waals surface area contributed by atoms with Gasteiger partial charge in [0.2, 0.25) is 0 Å². The van der Waals surface area contributed by atoms with Crippen LogP contribution in [0.4, 0.5) is 0 Å². The third kappa shape index (κ3) is 5.97. The molecule has 1 aliphatic rings. The fraction of sp³-hybridized carbons (Fsp3) is 0.917. The quantitative estimate of drug-likeness (QED) is 0.456. The second-order valence-corrected chi connectivity index (χ2v) is 6.13. The molecule has 0 saturated heterocycles. The van der Waals surface area contributed by atoms with Crippen molar-refractivity contribution in [2.24, 2.45) is 5.92 Å². The molecular formula is C12H22NO4P. The van der Waals surface area contributed by atoms with Gasteiger partial charge in [-0.3, -0.25) is 9.05 Å². The average Bonchev–Trinajstić information content (AvgIpc) is 2.54. The zero-order valence-electron chi connectivity index (χ0n) is 10.9. The minimum atomic E-state index is -3.99. The van der Waals surface area contributed by atoms with Gasteiger partial charge in [0.05, 0.1) is 25.2 Å². The van der Waals surface area contributed by atoms with Crippen LogP contribution in [0.2, 0.25) is 0 Å². The van der Waals surface area contributed by atoms with Crippen LogP contribution in [0.25, 0.3) is 0 Å². The largest absolute Gasteiger partial charge is 0.472 e. The number of nitriles is 1. The molecular weight excluding hydrogens is 253 g/mol. The van der Waals surface area contributed by atoms with Gasteiger partial charge in [0.15, 0.2) is 0 Å². The lowest BCUT2D eigenvalue weighted by molar-refractivity contribution is 0.0962. The van der Waals surface area contributed by atoms with Crippen molar-refractivity contribution in [3.63, 3.8) is 0 Å². The molecule has 0 bridgehead atoms. The SMILES string of the molecule is CCC1CCCC(OP(=O)(O)OCCC#N)CC1. The van der Waals surface area contributed by atoms with Gasteiger partial charge >= 0.3 is 7.82 Å². The van der Waals surface area contributed by atoms with Crippen molar-refractivity contribution in [1.29, 1.82) is 5.26 Å². The van der Waals surface area contributed by atoms with E-state index in [-0.39, 0.29) is 19.1 Å². The summed E-state index contributed by atoms with van der Waals surface area (Å²) in [5, 5.41) is 8.34. The summed E-state index contributed by atoms with van der Waals surface area (Å²) in [7, 11) is -3.99. The highest BCUT2D eigenvalue weighted by atomic mass is 31.2. The van der Waals surface area contributed by atoms with Crippen molar-refractivity contribution in [2.75, 3.05) is 6.61 Å². The van der Waals surface area contributed by atoms with Crippen molar-refractivity contribution < 1.29 is 18.5 Å². The van der Waals surface area contributed by atoms with Gasteiger partial charge in [0.1, 0.15) is 0 Å². The van der Waals surface area contributed by atoms with E-state index in [9.17, 15) is 9.46 Å². The summed E-state index contributed by atoms with van der Waals surface area (Å²) in [5.74, 6) is 0.705. The van der Waals surface area contributed by atoms with Crippen LogP contribution in [0.1, 0.15) is 51.9 Å². The molecule has 0 amide bonds. The van der Waals surface area contributed by atoms with E-state index >= 15 is 0 Å². The van der Waals surface area contributed by atoms with E-state index in [0.717, 1.165) is 32.1 Å². The lowest BCUT2D eigenvalue weighted by Gasteiger charge is -2.19. The molecule has 5 nitrogen and oxygen atoms in total. The molecule has 18 heavy (non-hydrogen) atoms. The normalized spacial score (nSPS) is 28.1. The van der Waals surface area contributed by atoms with Crippen molar-refractivity contribution in [1.82, 2.24) is 0 Å². The first-order valence-electron chi connectivity index (χ1n) is 6.60. The molecule has 3 unspecified atom stereocenters. The van der Waals surface area contributed by atoms with Crippen LogP contribution in [0, 0.1) is 17.2 Å². The summed E-state index contributed by atoms with van der Waals surface area (Å²) in [6.07, 6.45) is 5.91. The maximum absolute atomic E-state index is 11.6. The predicted molar refractivity (Wildman–Crippen MR) is 67.7 cm³/mol. The van der Waals surface area contributed by atoms with E-state index in [1.807, 2.05) is 6.07 Å². The Bertz CT molecular complexity index is 329. The number of rotatable bonds is 6. The Labute approximate surface area is 109 Å². The second kappa shape index (κ2) is 7.91. The second-order valence-electron chi connectivity index (χ2n) is 4.72. The highest BCUT2D eigenvalue weighted by molar-refractivity contribution is 7.47. The number of nitrogens with zero attached hydrogens (tertiary/aromatic N) is 1. The van der Waals surface area contributed by atoms with Crippen LogP contribution >= 0.6 is 7.82 Å². The van der Waals surface area contributed by atoms with Gasteiger partial charge in [0.25, 0.3) is 0 Å². The van der Waals surface area contributed by atoms with Crippen molar-refractivity contribution >= 4 is 7.82 Å². The fourth-order valence-corrected chi connectivity index (χ4v) is 3.25. The molecule has 0 spiro atoms. The maximum Gasteiger partial charge on any atom is 0.472 e. The Morgan fingerprint density at radius 1 is 1.39 bits per heavy atom. The zero-order valence-corrected chi connectivity index (χ0v) is 11.8. The molecule has 0 radical (unpaired) electrons. The summed E-state index contributed by atoms with van der Waals surface area (Å²) in [6.45, 7) is 2.11. The molecule has 104 valence electrons. The highest BCUT2D eigenvalue weighted by Crippen LogP contribution is 2.46. The van der Waals surface area contributed by atoms with E-state index in [2.05, 4.69) is 6.92 Å². The number of hydrogen-bond donors (Lipinski definition) is 1. The van der Waals surface area contributed by atoms with Gasteiger partial charge in [-0.05, 0) is 25.2 Å². The molecule has 1 fully saturated rings. The molecule has 6 heteroatoms. The van der Waals surface area contributed by atoms with Crippen molar-refractivity contribution in [3.8, 4) is 6.07 Å². The number of phosphoric ester groups is 1. The maximum atomic E-state index is 11.6. The molecule has 3 atom stereocenters. The van der Waals surface area contributed by atoms with Gasteiger partial charge in [-0.2, -0.15) is 5.26 Å². The topological polar surface area (TPSA) is 79.6 Å². The minimum Gasteiger partial charge on any atom is -0.302 e. The Hall–Kier alpha value is -0.400. The first-order valence-corrected chi connectivity index (χ1v) is 8.09. The van der Waals surface area contributed by atoms with Crippen LogP contribution in [-0.2, 0) is 13.6 Å². The molecule has 1 rings (SSSR count). The third-order valence-corrected chi connectivity index (χ3v) is 4.44. The summed E-state index contributed by atoms with van der Waals surface area (Å²) >= 11 is 0. The summed E-state index contributed by atoms with van der Waals surface area (Å²) < 4.78 is 21.5. The average molecular weight is 275 g/mol. The van der Waals surface area contributed by atoms with E-state index in [1.54, 1.807) is 0 Å². The van der Waals surface area contributed by atoms with Crippen LogP contribution in [0.15, 0.2) is 0 Å². The Balaban J connectivity index is 2.36. The first-order chi connectivity index (χ1) is 8.57. The summed E-state index contributed by atoms with van der Waals surface area (Å²) in [4.78, 5) is 9.51. The zero-order chi connectivity index (χ0) is 13.4. The lowest BCUT2D eigenvalue weighted by atomic mass is 9.98. The van der Waals surface area contributed by atoms with Crippen LogP contribution in [0.3, 0.4) is 0 Å². The first kappa shape index (κ1) is 15.7. The molecule has 1 saturated carbocycles. The van der Waals surface area contributed by atoms with Gasteiger partial charge in [-0.25, -0.2) is 4.57 Å². The van der Waals surface area contributed by atoms with E-state index in [4.69, 9.17) is 14.3 Å². The molecule has 0 aromatic carbocycles. The standard InChI is InChI=1S/C12H22NO4P/c1-2-11-5-3-6-12(8-7-11)17-18(14,15)16-10-4-9-13/h11-12H,2-8,10H2,1H3,(H,14,15). The van der Waals surface area contributed by atoms with Gasteiger partial charge in [-0.1, -0.05) is 26.2 Å². The van der Waals surface area contributed by atoms with Crippen LogP contribution in [-0.4, -0.2) is 17.6 Å². The molecule has 0 aromatic heterocycles. The molecule has 1 aliphatic carbocycles. The van der Waals surface area contributed by atoms with E-state index in [0.29, 0.717) is 5.92 Å². The Morgan fingerprint density at radius 3 is 2.83 bits per heavy atom. The summed E-state index contributed by atoms with van der Waals surface area (Å²) in [6, 6.07) is 1.85. The number of hydrogen-bond acceptors (Lipinski definition) is 4.